The number of aromatic nitrogens is 3. The molecule has 7 heteroatoms. The Labute approximate surface area is 148 Å². The molecule has 3 rings (SSSR count). The monoisotopic (exact) mass is 343 g/mol. The van der Waals surface area contributed by atoms with Crippen LogP contribution in [0, 0.1) is 12.8 Å². The molecule has 0 radical (unpaired) electrons. The smallest absolute Gasteiger partial charge is 0.245 e. The van der Waals surface area contributed by atoms with E-state index in [4.69, 9.17) is 4.74 Å². The zero-order valence-electron chi connectivity index (χ0n) is 15.0. The molecule has 134 valence electrons. The van der Waals surface area contributed by atoms with Crippen molar-refractivity contribution in [3.63, 3.8) is 0 Å². The van der Waals surface area contributed by atoms with E-state index in [1.165, 1.54) is 0 Å². The van der Waals surface area contributed by atoms with Crippen LogP contribution >= 0.6 is 0 Å². The Balaban J connectivity index is 1.78. The molecule has 1 aliphatic rings. The molecular weight excluding hydrogens is 318 g/mol. The number of hydrogen-bond acceptors (Lipinski definition) is 5. The van der Waals surface area contributed by atoms with Gasteiger partial charge in [-0.15, -0.1) is 0 Å². The Bertz CT molecular complexity index is 722. The van der Waals surface area contributed by atoms with Crippen LogP contribution in [0.2, 0.25) is 0 Å². The van der Waals surface area contributed by atoms with Crippen LogP contribution in [-0.2, 0) is 9.53 Å². The van der Waals surface area contributed by atoms with E-state index >= 15 is 0 Å². The summed E-state index contributed by atoms with van der Waals surface area (Å²) in [5.41, 5.74) is 0. The molecular formula is C18H25N5O2. The number of hydrogen-bond donors (Lipinski definition) is 1. The van der Waals surface area contributed by atoms with Crippen LogP contribution in [0.5, 0.6) is 0 Å². The average Bonchev–Trinajstić information content (AvgIpc) is 3.06. The number of rotatable bonds is 5. The second-order valence-electron chi connectivity index (χ2n) is 6.53. The third-order valence-electron chi connectivity index (χ3n) is 4.37. The van der Waals surface area contributed by atoms with Gasteiger partial charge in [-0.05, 0) is 25.0 Å². The van der Waals surface area contributed by atoms with Crippen molar-refractivity contribution in [2.24, 2.45) is 5.92 Å². The van der Waals surface area contributed by atoms with E-state index in [1.54, 1.807) is 6.20 Å². The Morgan fingerprint density at radius 3 is 2.68 bits per heavy atom. The molecule has 1 aliphatic heterocycles. The summed E-state index contributed by atoms with van der Waals surface area (Å²) in [5, 5.41) is 3.32. The Morgan fingerprint density at radius 1 is 1.28 bits per heavy atom. The second-order valence-corrected chi connectivity index (χ2v) is 6.53. The van der Waals surface area contributed by atoms with Gasteiger partial charge in [-0.3, -0.25) is 9.36 Å². The van der Waals surface area contributed by atoms with E-state index in [2.05, 4.69) is 15.3 Å². The van der Waals surface area contributed by atoms with Crippen LogP contribution in [0.3, 0.4) is 0 Å². The van der Waals surface area contributed by atoms with Gasteiger partial charge in [0.25, 0.3) is 0 Å². The second kappa shape index (κ2) is 7.65. The minimum atomic E-state index is -0.315. The Morgan fingerprint density at radius 2 is 2.04 bits per heavy atom. The van der Waals surface area contributed by atoms with Crippen LogP contribution in [0.1, 0.15) is 19.7 Å². The summed E-state index contributed by atoms with van der Waals surface area (Å²) >= 11 is 0. The lowest BCUT2D eigenvalue weighted by Crippen LogP contribution is -2.49. The van der Waals surface area contributed by atoms with Gasteiger partial charge in [0.1, 0.15) is 23.5 Å². The molecule has 3 heterocycles. The molecule has 7 nitrogen and oxygen atoms in total. The molecule has 1 atom stereocenters. The normalized spacial score (nSPS) is 16.1. The van der Waals surface area contributed by atoms with E-state index in [-0.39, 0.29) is 17.9 Å². The SMILES string of the molecule is Cc1nccn1-c1cccc(N[C@H](C(=O)N2CCOCC2)C(C)C)n1. The number of aryl methyl sites for hydroxylation is 1. The lowest BCUT2D eigenvalue weighted by Gasteiger charge is -2.32. The lowest BCUT2D eigenvalue weighted by molar-refractivity contribution is -0.137. The van der Waals surface area contributed by atoms with Gasteiger partial charge in [-0.1, -0.05) is 19.9 Å². The van der Waals surface area contributed by atoms with E-state index < -0.39 is 0 Å². The number of imidazole rings is 1. The summed E-state index contributed by atoms with van der Waals surface area (Å²) < 4.78 is 7.26. The maximum absolute atomic E-state index is 12.9. The summed E-state index contributed by atoms with van der Waals surface area (Å²) in [4.78, 5) is 23.6. The zero-order chi connectivity index (χ0) is 17.8. The van der Waals surface area contributed by atoms with Gasteiger partial charge in [0, 0.05) is 25.5 Å². The number of carbonyl (C=O) groups is 1. The van der Waals surface area contributed by atoms with Crippen molar-refractivity contribution in [3.8, 4) is 5.82 Å². The van der Waals surface area contributed by atoms with Gasteiger partial charge in [0.15, 0.2) is 0 Å². The van der Waals surface area contributed by atoms with Crippen LogP contribution in [-0.4, -0.2) is 57.7 Å². The highest BCUT2D eigenvalue weighted by Crippen LogP contribution is 2.16. The number of morpholine rings is 1. The van der Waals surface area contributed by atoms with Crippen LogP contribution in [0.4, 0.5) is 5.82 Å². The van der Waals surface area contributed by atoms with Crippen molar-refractivity contribution < 1.29 is 9.53 Å². The minimum Gasteiger partial charge on any atom is -0.378 e. The predicted molar refractivity (Wildman–Crippen MR) is 95.7 cm³/mol. The number of carbonyl (C=O) groups excluding carboxylic acids is 1. The van der Waals surface area contributed by atoms with Crippen molar-refractivity contribution in [2.45, 2.75) is 26.8 Å². The summed E-state index contributed by atoms with van der Waals surface area (Å²) in [6.07, 6.45) is 3.62. The molecule has 2 aromatic rings. The van der Waals surface area contributed by atoms with Gasteiger partial charge >= 0.3 is 0 Å². The van der Waals surface area contributed by atoms with Crippen molar-refractivity contribution in [2.75, 3.05) is 31.6 Å². The topological polar surface area (TPSA) is 72.3 Å². The van der Waals surface area contributed by atoms with E-state index in [1.807, 2.05) is 54.6 Å². The fourth-order valence-electron chi connectivity index (χ4n) is 2.91. The van der Waals surface area contributed by atoms with E-state index in [0.717, 1.165) is 11.6 Å². The highest BCUT2D eigenvalue weighted by Gasteiger charge is 2.28. The number of amides is 1. The molecule has 1 saturated heterocycles. The standard InChI is InChI=1S/C18H25N5O2/c1-13(2)17(18(24)22-9-11-25-12-10-22)21-15-5-4-6-16(20-15)23-8-7-19-14(23)3/h4-8,13,17H,9-12H2,1-3H3,(H,20,21)/t17-/m0/s1. The molecule has 0 saturated carbocycles. The number of nitrogens with one attached hydrogen (secondary N) is 1. The quantitative estimate of drug-likeness (QED) is 0.897. The first-order valence-corrected chi connectivity index (χ1v) is 8.66. The number of nitrogens with zero attached hydrogens (tertiary/aromatic N) is 4. The van der Waals surface area contributed by atoms with Crippen molar-refractivity contribution in [1.29, 1.82) is 0 Å². The maximum atomic E-state index is 12.9. The van der Waals surface area contributed by atoms with Gasteiger partial charge < -0.3 is 15.0 Å². The highest BCUT2D eigenvalue weighted by atomic mass is 16.5. The minimum absolute atomic E-state index is 0.101. The molecule has 2 aromatic heterocycles. The third-order valence-corrected chi connectivity index (χ3v) is 4.37. The van der Waals surface area contributed by atoms with Crippen molar-refractivity contribution >= 4 is 11.7 Å². The molecule has 1 amide bonds. The molecule has 0 aliphatic carbocycles. The fraction of sp³-hybridized carbons (Fsp3) is 0.500. The predicted octanol–water partition coefficient (Wildman–Crippen LogP) is 1.87. The summed E-state index contributed by atoms with van der Waals surface area (Å²) in [6.45, 7) is 8.51. The average molecular weight is 343 g/mol. The summed E-state index contributed by atoms with van der Waals surface area (Å²) in [7, 11) is 0. The first-order chi connectivity index (χ1) is 12.1. The van der Waals surface area contributed by atoms with Gasteiger partial charge in [0.2, 0.25) is 5.91 Å². The maximum Gasteiger partial charge on any atom is 0.245 e. The van der Waals surface area contributed by atoms with Crippen LogP contribution in [0.25, 0.3) is 5.82 Å². The van der Waals surface area contributed by atoms with Gasteiger partial charge in [-0.2, -0.15) is 0 Å². The molecule has 0 spiro atoms. The number of anilines is 1. The molecule has 0 unspecified atom stereocenters. The Kier molecular flexibility index (Phi) is 5.33. The lowest BCUT2D eigenvalue weighted by atomic mass is 10.0. The number of pyridine rings is 1. The van der Waals surface area contributed by atoms with Gasteiger partial charge in [0.05, 0.1) is 13.2 Å². The van der Waals surface area contributed by atoms with Crippen LogP contribution in [0.15, 0.2) is 30.6 Å². The largest absolute Gasteiger partial charge is 0.378 e. The third kappa shape index (κ3) is 3.99. The van der Waals surface area contributed by atoms with Crippen molar-refractivity contribution in [1.82, 2.24) is 19.4 Å². The van der Waals surface area contributed by atoms with Gasteiger partial charge in [-0.25, -0.2) is 9.97 Å². The van der Waals surface area contributed by atoms with E-state index in [0.29, 0.717) is 32.1 Å². The summed E-state index contributed by atoms with van der Waals surface area (Å²) in [5.74, 6) is 2.58. The number of ether oxygens (including phenoxy) is 1. The van der Waals surface area contributed by atoms with E-state index in [9.17, 15) is 4.79 Å². The highest BCUT2D eigenvalue weighted by molar-refractivity contribution is 5.84. The molecule has 0 aromatic carbocycles. The molecule has 1 N–H and O–H groups in total. The zero-order valence-corrected chi connectivity index (χ0v) is 15.0. The summed E-state index contributed by atoms with van der Waals surface area (Å²) in [6, 6.07) is 5.43. The first kappa shape index (κ1) is 17.4. The van der Waals surface area contributed by atoms with Crippen LogP contribution < -0.4 is 5.32 Å². The Hall–Kier alpha value is -2.41. The first-order valence-electron chi connectivity index (χ1n) is 8.66. The molecule has 1 fully saturated rings. The molecule has 0 bridgehead atoms. The fourth-order valence-corrected chi connectivity index (χ4v) is 2.91. The molecule has 25 heavy (non-hydrogen) atoms. The van der Waals surface area contributed by atoms with Crippen molar-refractivity contribution in [3.05, 3.63) is 36.4 Å².